The SMILES string of the molecule is NS(=O)(=O)c1cc(OC(F)(F)F)c(CCl)nc1C(F)F. The summed E-state index contributed by atoms with van der Waals surface area (Å²) in [5, 5.41) is 4.65. The number of aromatic nitrogens is 1. The summed E-state index contributed by atoms with van der Waals surface area (Å²) in [5.74, 6) is -1.81. The van der Waals surface area contributed by atoms with Gasteiger partial charge in [-0.3, -0.25) is 0 Å². The topological polar surface area (TPSA) is 82.3 Å². The van der Waals surface area contributed by atoms with E-state index >= 15 is 0 Å². The van der Waals surface area contributed by atoms with Crippen molar-refractivity contribution >= 4 is 21.6 Å². The average Bonchev–Trinajstić information content (AvgIpc) is 2.24. The Hall–Kier alpha value is -1.20. The third kappa shape index (κ3) is 4.15. The number of ether oxygens (including phenoxy) is 1. The monoisotopic (exact) mass is 340 g/mol. The van der Waals surface area contributed by atoms with Gasteiger partial charge in [0.2, 0.25) is 10.0 Å². The van der Waals surface area contributed by atoms with Crippen LogP contribution in [0, 0.1) is 0 Å². The molecule has 0 aromatic carbocycles. The first-order valence-electron chi connectivity index (χ1n) is 4.62. The second-order valence-corrected chi connectivity index (χ2v) is 5.14. The van der Waals surface area contributed by atoms with Gasteiger partial charge in [-0.1, -0.05) is 0 Å². The van der Waals surface area contributed by atoms with Crippen LogP contribution in [0.15, 0.2) is 11.0 Å². The van der Waals surface area contributed by atoms with Crippen molar-refractivity contribution in [2.24, 2.45) is 5.14 Å². The minimum atomic E-state index is -5.18. The first kappa shape index (κ1) is 16.9. The van der Waals surface area contributed by atoms with Gasteiger partial charge < -0.3 is 4.74 Å². The third-order valence-corrected chi connectivity index (χ3v) is 3.11. The molecule has 0 bridgehead atoms. The lowest BCUT2D eigenvalue weighted by Crippen LogP contribution is -2.21. The highest BCUT2D eigenvalue weighted by atomic mass is 35.5. The van der Waals surface area contributed by atoms with Crippen LogP contribution in [-0.2, 0) is 15.9 Å². The molecular formula is C8H6ClF5N2O3S. The largest absolute Gasteiger partial charge is 0.573 e. The summed E-state index contributed by atoms with van der Waals surface area (Å²) in [6, 6.07) is 0.217. The first-order chi connectivity index (χ1) is 8.95. The van der Waals surface area contributed by atoms with Gasteiger partial charge in [0.05, 0.1) is 11.6 Å². The maximum absolute atomic E-state index is 12.7. The number of nitrogens with two attached hydrogens (primary N) is 1. The summed E-state index contributed by atoms with van der Waals surface area (Å²) in [7, 11) is -4.71. The molecule has 0 atom stereocenters. The Kier molecular flexibility index (Phi) is 4.77. The van der Waals surface area contributed by atoms with E-state index in [2.05, 4.69) is 14.9 Å². The number of pyridine rings is 1. The molecule has 0 saturated heterocycles. The summed E-state index contributed by atoms with van der Waals surface area (Å²) < 4.78 is 87.4. The molecule has 0 spiro atoms. The predicted octanol–water partition coefficient (Wildman–Crippen LogP) is 2.30. The zero-order chi connectivity index (χ0) is 15.7. The lowest BCUT2D eigenvalue weighted by Gasteiger charge is -2.14. The van der Waals surface area contributed by atoms with E-state index in [9.17, 15) is 30.4 Å². The molecule has 0 aliphatic heterocycles. The molecule has 114 valence electrons. The Bertz CT molecular complexity index is 605. The summed E-state index contributed by atoms with van der Waals surface area (Å²) in [6.07, 6.45) is -8.55. The van der Waals surface area contributed by atoms with Crippen molar-refractivity contribution < 1.29 is 35.1 Å². The fraction of sp³-hybridized carbons (Fsp3) is 0.375. The van der Waals surface area contributed by atoms with Gasteiger partial charge in [-0.05, 0) is 0 Å². The van der Waals surface area contributed by atoms with E-state index < -0.39 is 50.7 Å². The zero-order valence-electron chi connectivity index (χ0n) is 9.29. The molecular weight excluding hydrogens is 335 g/mol. The molecule has 1 heterocycles. The van der Waals surface area contributed by atoms with Crippen LogP contribution in [0.1, 0.15) is 17.8 Å². The van der Waals surface area contributed by atoms with E-state index in [0.717, 1.165) is 0 Å². The third-order valence-electron chi connectivity index (χ3n) is 1.92. The van der Waals surface area contributed by atoms with Gasteiger partial charge in [0.1, 0.15) is 10.6 Å². The van der Waals surface area contributed by atoms with Crippen LogP contribution >= 0.6 is 11.6 Å². The van der Waals surface area contributed by atoms with Crippen molar-refractivity contribution in [3.63, 3.8) is 0 Å². The Balaban J connectivity index is 3.55. The highest BCUT2D eigenvalue weighted by molar-refractivity contribution is 7.89. The summed E-state index contributed by atoms with van der Waals surface area (Å²) in [6.45, 7) is 0. The van der Waals surface area contributed by atoms with Crippen LogP contribution in [-0.4, -0.2) is 19.8 Å². The van der Waals surface area contributed by atoms with E-state index in [4.69, 9.17) is 11.6 Å². The zero-order valence-corrected chi connectivity index (χ0v) is 10.9. The molecule has 0 unspecified atom stereocenters. The molecule has 2 N–H and O–H groups in total. The lowest BCUT2D eigenvalue weighted by atomic mass is 10.3. The molecule has 0 aliphatic carbocycles. The second-order valence-electron chi connectivity index (χ2n) is 3.34. The van der Waals surface area contributed by atoms with Crippen LogP contribution in [0.3, 0.4) is 0 Å². The number of rotatable bonds is 4. The van der Waals surface area contributed by atoms with E-state index in [1.165, 1.54) is 0 Å². The Morgan fingerprint density at radius 3 is 2.30 bits per heavy atom. The van der Waals surface area contributed by atoms with Crippen molar-refractivity contribution in [2.75, 3.05) is 0 Å². The number of nitrogens with zero attached hydrogens (tertiary/aromatic N) is 1. The molecule has 0 amide bonds. The van der Waals surface area contributed by atoms with Gasteiger partial charge in [-0.2, -0.15) is 0 Å². The van der Waals surface area contributed by atoms with Crippen LogP contribution in [0.5, 0.6) is 5.75 Å². The van der Waals surface area contributed by atoms with Crippen molar-refractivity contribution in [1.29, 1.82) is 0 Å². The quantitative estimate of drug-likeness (QED) is 0.673. The van der Waals surface area contributed by atoms with Crippen LogP contribution in [0.25, 0.3) is 0 Å². The van der Waals surface area contributed by atoms with Gasteiger partial charge in [0, 0.05) is 6.07 Å². The number of sulfonamides is 1. The van der Waals surface area contributed by atoms with E-state index in [1.807, 2.05) is 0 Å². The molecule has 0 fully saturated rings. The van der Waals surface area contributed by atoms with Crippen molar-refractivity contribution in [1.82, 2.24) is 4.98 Å². The molecule has 1 aromatic heterocycles. The average molecular weight is 341 g/mol. The van der Waals surface area contributed by atoms with Crippen molar-refractivity contribution in [2.45, 2.75) is 23.6 Å². The standard InChI is InChI=1S/C8H6ClF5N2O3S/c9-2-3-4(19-8(12,13)14)1-5(20(15,17)18)6(16-3)7(10)11/h1,7H,2H2,(H2,15,17,18). The number of hydrogen-bond donors (Lipinski definition) is 1. The summed E-state index contributed by atoms with van der Waals surface area (Å²) in [5.41, 5.74) is -1.98. The van der Waals surface area contributed by atoms with Gasteiger partial charge in [-0.25, -0.2) is 27.3 Å². The second kappa shape index (κ2) is 5.66. The number of alkyl halides is 6. The number of hydrogen-bond acceptors (Lipinski definition) is 4. The minimum absolute atomic E-state index is 0.217. The fourth-order valence-electron chi connectivity index (χ4n) is 1.22. The van der Waals surface area contributed by atoms with E-state index in [0.29, 0.717) is 0 Å². The molecule has 1 rings (SSSR count). The summed E-state index contributed by atoms with van der Waals surface area (Å²) >= 11 is 5.27. The molecule has 0 radical (unpaired) electrons. The number of halogens is 6. The van der Waals surface area contributed by atoms with Crippen molar-refractivity contribution in [3.05, 3.63) is 17.5 Å². The molecule has 12 heteroatoms. The maximum atomic E-state index is 12.7. The predicted molar refractivity (Wildman–Crippen MR) is 56.8 cm³/mol. The van der Waals surface area contributed by atoms with Crippen LogP contribution in [0.4, 0.5) is 22.0 Å². The van der Waals surface area contributed by atoms with E-state index in [1.54, 1.807) is 0 Å². The van der Waals surface area contributed by atoms with Crippen LogP contribution in [0.2, 0.25) is 0 Å². The van der Waals surface area contributed by atoms with Crippen molar-refractivity contribution in [3.8, 4) is 5.75 Å². The maximum Gasteiger partial charge on any atom is 0.573 e. The summed E-state index contributed by atoms with van der Waals surface area (Å²) in [4.78, 5) is 1.81. The molecule has 1 aromatic rings. The molecule has 0 saturated carbocycles. The molecule has 0 aliphatic rings. The molecule has 20 heavy (non-hydrogen) atoms. The molecule has 5 nitrogen and oxygen atoms in total. The highest BCUT2D eigenvalue weighted by Crippen LogP contribution is 2.33. The van der Waals surface area contributed by atoms with Crippen LogP contribution < -0.4 is 9.88 Å². The first-order valence-corrected chi connectivity index (χ1v) is 6.70. The van der Waals surface area contributed by atoms with E-state index in [-0.39, 0.29) is 6.07 Å². The Morgan fingerprint density at radius 1 is 1.40 bits per heavy atom. The smallest absolute Gasteiger partial charge is 0.404 e. The van der Waals surface area contributed by atoms with Gasteiger partial charge in [0.15, 0.2) is 5.75 Å². The Labute approximate surface area is 114 Å². The highest BCUT2D eigenvalue weighted by Gasteiger charge is 2.34. The van der Waals surface area contributed by atoms with Gasteiger partial charge in [-0.15, -0.1) is 24.8 Å². The Morgan fingerprint density at radius 2 is 1.95 bits per heavy atom. The van der Waals surface area contributed by atoms with Gasteiger partial charge >= 0.3 is 6.36 Å². The minimum Gasteiger partial charge on any atom is -0.404 e. The normalized spacial score (nSPS) is 12.8. The number of primary sulfonamides is 1. The lowest BCUT2D eigenvalue weighted by molar-refractivity contribution is -0.275. The van der Waals surface area contributed by atoms with Gasteiger partial charge in [0.25, 0.3) is 6.43 Å². The fourth-order valence-corrected chi connectivity index (χ4v) is 2.11.